The average molecular weight is 942 g/mol. The third-order valence-corrected chi connectivity index (χ3v) is 12.9. The smallest absolute Gasteiger partial charge is 0.251 e. The number of primary amides is 1. The maximum Gasteiger partial charge on any atom is 0.251 e. The molecule has 2 aliphatic heterocycles. The second-order valence-corrected chi connectivity index (χ2v) is 17.8. The number of phenolic OH excluding ortho intramolecular Hbond substituents is 2. The Balaban J connectivity index is 1.30. The number of aromatic hydroxyl groups is 2. The van der Waals surface area contributed by atoms with Gasteiger partial charge in [-0.2, -0.15) is 0 Å². The molecular formula is C47H53ClN8O9S. The van der Waals surface area contributed by atoms with Gasteiger partial charge in [0, 0.05) is 40.9 Å². The van der Waals surface area contributed by atoms with Crippen LogP contribution in [0.15, 0.2) is 84.9 Å². The normalized spacial score (nSPS) is 19.3. The number of phenols is 2. The van der Waals surface area contributed by atoms with Crippen molar-refractivity contribution in [3.8, 4) is 33.8 Å². The number of amides is 7. The number of nitrogens with one attached hydrogen (secondary N) is 4. The van der Waals surface area contributed by atoms with E-state index in [2.05, 4.69) is 21.3 Å². The number of halogens is 1. The third kappa shape index (κ3) is 11.4. The van der Waals surface area contributed by atoms with E-state index in [1.165, 1.54) is 74.0 Å². The maximum absolute atomic E-state index is 14.6. The number of rotatable bonds is 13. The predicted molar refractivity (Wildman–Crippen MR) is 250 cm³/mol. The van der Waals surface area contributed by atoms with Crippen LogP contribution in [-0.2, 0) is 35.2 Å². The van der Waals surface area contributed by atoms with Gasteiger partial charge in [0.05, 0.1) is 5.88 Å². The van der Waals surface area contributed by atoms with Crippen molar-refractivity contribution < 1.29 is 43.8 Å². The number of carbonyl (C=O) groups excluding carboxylic acids is 7. The third-order valence-electron chi connectivity index (χ3n) is 11.6. The van der Waals surface area contributed by atoms with Crippen LogP contribution in [0.1, 0.15) is 60.6 Å². The number of hydrogen-bond donors (Lipinski definition) is 8. The van der Waals surface area contributed by atoms with E-state index in [9.17, 15) is 43.8 Å². The highest BCUT2D eigenvalue weighted by atomic mass is 35.5. The molecule has 6 atom stereocenters. The second kappa shape index (κ2) is 21.6. The van der Waals surface area contributed by atoms with Crippen LogP contribution in [0.4, 0.5) is 0 Å². The number of unbranched alkanes of at least 4 members (excludes halogenated alkanes) is 1. The molecule has 348 valence electrons. The van der Waals surface area contributed by atoms with Gasteiger partial charge in [0.2, 0.25) is 35.4 Å². The molecule has 6 rings (SSSR count). The second-order valence-electron chi connectivity index (χ2n) is 16.3. The lowest BCUT2D eigenvalue weighted by Gasteiger charge is -2.32. The Bertz CT molecular complexity index is 2490. The lowest BCUT2D eigenvalue weighted by molar-refractivity contribution is -0.142. The van der Waals surface area contributed by atoms with Crippen LogP contribution in [0.2, 0.25) is 5.02 Å². The fourth-order valence-corrected chi connectivity index (χ4v) is 9.16. The molecule has 7 amide bonds. The van der Waals surface area contributed by atoms with Crippen molar-refractivity contribution in [3.63, 3.8) is 0 Å². The van der Waals surface area contributed by atoms with Crippen molar-refractivity contribution >= 4 is 64.7 Å². The molecule has 4 bridgehead atoms. The topological polar surface area (TPSA) is 267 Å². The zero-order chi connectivity index (χ0) is 47.8. The zero-order valence-electron chi connectivity index (χ0n) is 36.6. The summed E-state index contributed by atoms with van der Waals surface area (Å²) in [7, 11) is 1.38. The first kappa shape index (κ1) is 48.8. The quantitative estimate of drug-likeness (QED) is 0.0904. The summed E-state index contributed by atoms with van der Waals surface area (Å²) in [6.07, 6.45) is 1.01. The Morgan fingerprint density at radius 3 is 2.17 bits per heavy atom. The first-order valence-electron chi connectivity index (χ1n) is 21.3. The van der Waals surface area contributed by atoms with Gasteiger partial charge < -0.3 is 52.7 Å². The largest absolute Gasteiger partial charge is 0.507 e. The molecule has 17 nitrogen and oxygen atoms in total. The molecule has 0 aliphatic carbocycles. The van der Waals surface area contributed by atoms with Gasteiger partial charge in [-0.15, -0.1) is 11.8 Å². The summed E-state index contributed by atoms with van der Waals surface area (Å²) >= 11 is 7.39. The van der Waals surface area contributed by atoms with Crippen LogP contribution < -0.4 is 32.7 Å². The molecule has 4 aromatic rings. The standard InChI is InChI=1S/C47H53ClN8O9S/c1-25-42(60)54-36(44(62)52-26(2)46(64)56-24-66-23-37(56)41(50)59)21-27-7-17-38(57)33(20-27)34-22-31(14-18-39(34)58)40(45(63)51-25)55(3)47(65)35(6-4-5-19-49)53-43(61)30-10-8-28(9-11-30)29-12-15-32(48)16-13-29/h7-18,20,22,25-26,35-37,40,57-58H,4-6,19,21,23-24,49H2,1-3H3,(H2,50,59)(H,51,63)(H,52,62)(H,53,61)(H,54,60)/t25-,26-,35-,36-,37+,40-/m0/s1. The molecule has 0 radical (unpaired) electrons. The van der Waals surface area contributed by atoms with Crippen LogP contribution in [0, 0.1) is 0 Å². The van der Waals surface area contributed by atoms with Gasteiger partial charge in [0.15, 0.2) is 0 Å². The van der Waals surface area contributed by atoms with Gasteiger partial charge in [-0.25, -0.2) is 0 Å². The van der Waals surface area contributed by atoms with Crippen molar-refractivity contribution in [3.05, 3.63) is 107 Å². The average Bonchev–Trinajstić information content (AvgIpc) is 3.80. The van der Waals surface area contributed by atoms with Crippen LogP contribution >= 0.6 is 23.4 Å². The number of carbonyl (C=O) groups is 7. The number of nitrogens with two attached hydrogens (primary N) is 2. The van der Waals surface area contributed by atoms with Crippen molar-refractivity contribution in [1.82, 2.24) is 31.1 Å². The van der Waals surface area contributed by atoms with E-state index in [0.717, 1.165) is 16.0 Å². The zero-order valence-corrected chi connectivity index (χ0v) is 38.2. The van der Waals surface area contributed by atoms with E-state index >= 15 is 0 Å². The van der Waals surface area contributed by atoms with Crippen molar-refractivity contribution in [2.45, 2.75) is 75.8 Å². The number of likely N-dealkylation sites (N-methyl/N-ethyl adjacent to an activating group) is 1. The first-order chi connectivity index (χ1) is 31.5. The summed E-state index contributed by atoms with van der Waals surface area (Å²) in [5.41, 5.74) is 14.1. The Morgan fingerprint density at radius 1 is 0.879 bits per heavy atom. The van der Waals surface area contributed by atoms with Crippen molar-refractivity contribution in [1.29, 1.82) is 0 Å². The molecule has 2 heterocycles. The van der Waals surface area contributed by atoms with Gasteiger partial charge >= 0.3 is 0 Å². The molecule has 1 fully saturated rings. The fraction of sp³-hybridized carbons (Fsp3) is 0.340. The number of nitrogens with zero attached hydrogens (tertiary/aromatic N) is 2. The van der Waals surface area contributed by atoms with E-state index in [1.807, 2.05) is 12.1 Å². The Morgan fingerprint density at radius 2 is 1.52 bits per heavy atom. The minimum Gasteiger partial charge on any atom is -0.507 e. The highest BCUT2D eigenvalue weighted by molar-refractivity contribution is 7.99. The molecule has 0 spiro atoms. The maximum atomic E-state index is 14.6. The lowest BCUT2D eigenvalue weighted by atomic mass is 9.93. The van der Waals surface area contributed by atoms with Gasteiger partial charge in [0.25, 0.3) is 5.91 Å². The summed E-state index contributed by atoms with van der Waals surface area (Å²) in [6, 6.07) is 15.4. The summed E-state index contributed by atoms with van der Waals surface area (Å²) in [6.45, 7) is 3.17. The van der Waals surface area contributed by atoms with Crippen molar-refractivity contribution in [2.24, 2.45) is 11.5 Å². The minimum atomic E-state index is -1.47. The number of thioether (sulfide) groups is 1. The summed E-state index contributed by atoms with van der Waals surface area (Å²) in [5, 5.41) is 33.7. The first-order valence-corrected chi connectivity index (χ1v) is 22.9. The van der Waals surface area contributed by atoms with Crippen LogP contribution in [-0.4, -0.2) is 117 Å². The van der Waals surface area contributed by atoms with E-state index < -0.39 is 77.6 Å². The minimum absolute atomic E-state index is 0.0854. The Kier molecular flexibility index (Phi) is 16.0. The summed E-state index contributed by atoms with van der Waals surface area (Å²) in [4.78, 5) is 98.4. The Labute approximate surface area is 391 Å². The molecule has 66 heavy (non-hydrogen) atoms. The molecule has 0 saturated carbocycles. The number of benzene rings is 4. The van der Waals surface area contributed by atoms with Crippen LogP contribution in [0.25, 0.3) is 22.3 Å². The van der Waals surface area contributed by atoms with E-state index in [0.29, 0.717) is 35.7 Å². The molecular weight excluding hydrogens is 888 g/mol. The van der Waals surface area contributed by atoms with Crippen molar-refractivity contribution in [2.75, 3.05) is 25.2 Å². The number of fused-ring (bicyclic) bond motifs is 5. The van der Waals surface area contributed by atoms with E-state index in [-0.39, 0.29) is 52.5 Å². The van der Waals surface area contributed by atoms with E-state index in [4.69, 9.17) is 23.1 Å². The molecule has 0 aromatic heterocycles. The number of hydrogen-bond acceptors (Lipinski definition) is 11. The molecule has 10 N–H and O–H groups in total. The molecule has 4 aromatic carbocycles. The fourth-order valence-electron chi connectivity index (χ4n) is 7.86. The molecule has 19 heteroatoms. The predicted octanol–water partition coefficient (Wildman–Crippen LogP) is 2.95. The summed E-state index contributed by atoms with van der Waals surface area (Å²) < 4.78 is 0. The van der Waals surface area contributed by atoms with E-state index in [1.54, 1.807) is 36.4 Å². The van der Waals surface area contributed by atoms with Gasteiger partial charge in [0.1, 0.15) is 47.8 Å². The highest BCUT2D eigenvalue weighted by Crippen LogP contribution is 2.39. The molecule has 2 aliphatic rings. The molecule has 1 saturated heterocycles. The SMILES string of the molecule is C[C@@H]1NC(=O)[C@@H](N(C)C(=O)[C@H](CCCCN)NC(=O)c2ccc(-c3ccc(Cl)cc3)cc2)c2ccc(O)c(c2)-c2cc(ccc2O)C[C@@H](C(=O)N[C@@H](C)C(=O)N2CSC[C@@H]2C(N)=O)NC1=O. The monoisotopic (exact) mass is 940 g/mol. The summed E-state index contributed by atoms with van der Waals surface area (Å²) in [5.74, 6) is -4.83. The van der Waals surface area contributed by atoms with Crippen LogP contribution in [0.5, 0.6) is 11.5 Å². The van der Waals surface area contributed by atoms with Crippen LogP contribution in [0.3, 0.4) is 0 Å². The van der Waals surface area contributed by atoms with Gasteiger partial charge in [-0.1, -0.05) is 48.0 Å². The van der Waals surface area contributed by atoms with Gasteiger partial charge in [-0.3, -0.25) is 33.6 Å². The lowest BCUT2D eigenvalue weighted by Crippen LogP contribution is -2.58. The Hall–Kier alpha value is -6.63. The molecule has 0 unspecified atom stereocenters. The highest BCUT2D eigenvalue weighted by Gasteiger charge is 2.38. The van der Waals surface area contributed by atoms with Gasteiger partial charge in [-0.05, 0) is 110 Å².